The second-order valence-corrected chi connectivity index (χ2v) is 8.68. The number of esters is 1. The molecule has 25 heavy (non-hydrogen) atoms. The number of halogens is 3. The number of benzene rings is 1. The van der Waals surface area contributed by atoms with Crippen molar-refractivity contribution < 1.29 is 35.9 Å². The van der Waals surface area contributed by atoms with Crippen LogP contribution in [0.3, 0.4) is 0 Å². The Kier molecular flexibility index (Phi) is 5.99. The largest absolute Gasteiger partial charge is 0.452 e. The monoisotopic (exact) mass is 397 g/mol. The lowest BCUT2D eigenvalue weighted by Crippen LogP contribution is -2.38. The molecule has 2 rings (SSSR count). The Morgan fingerprint density at radius 1 is 1.24 bits per heavy atom. The molecular weight excluding hydrogens is 383 g/mol. The number of alkyl halides is 3. The van der Waals surface area contributed by atoms with E-state index < -0.39 is 39.9 Å². The van der Waals surface area contributed by atoms with E-state index in [9.17, 15) is 31.2 Å². The van der Waals surface area contributed by atoms with Crippen molar-refractivity contribution in [3.63, 3.8) is 0 Å². The highest BCUT2D eigenvalue weighted by Gasteiger charge is 2.30. The van der Waals surface area contributed by atoms with Crippen LogP contribution in [0, 0.1) is 0 Å². The van der Waals surface area contributed by atoms with Gasteiger partial charge in [-0.05, 0) is 42.4 Å². The molecule has 1 aromatic carbocycles. The lowest BCUT2D eigenvalue weighted by molar-refractivity contribution is -0.124. The van der Waals surface area contributed by atoms with Gasteiger partial charge in [-0.15, -0.1) is 0 Å². The van der Waals surface area contributed by atoms with Crippen molar-refractivity contribution >= 4 is 33.5 Å². The van der Waals surface area contributed by atoms with Gasteiger partial charge in [0.05, 0.1) is 17.1 Å². The molecule has 1 amide bonds. The number of ether oxygens (including phenoxy) is 1. The predicted molar refractivity (Wildman–Crippen MR) is 83.8 cm³/mol. The summed E-state index contributed by atoms with van der Waals surface area (Å²) in [4.78, 5) is 23.3. The third kappa shape index (κ3) is 6.58. The molecule has 11 heteroatoms. The first-order chi connectivity index (χ1) is 11.5. The summed E-state index contributed by atoms with van der Waals surface area (Å²) in [5, 5.41) is 2.45. The third-order valence-corrected chi connectivity index (χ3v) is 5.76. The number of sulfone groups is 1. The fourth-order valence-electron chi connectivity index (χ4n) is 2.19. The number of thioether (sulfide) groups is 1. The molecule has 138 valence electrons. The van der Waals surface area contributed by atoms with Gasteiger partial charge in [0, 0.05) is 10.9 Å². The van der Waals surface area contributed by atoms with E-state index in [2.05, 4.69) is 5.32 Å². The van der Waals surface area contributed by atoms with E-state index in [0.717, 1.165) is 24.3 Å². The normalized spacial score (nSPS) is 19.4. The molecular formula is C14H14F3NO5S2. The van der Waals surface area contributed by atoms with Crippen LogP contribution in [0.5, 0.6) is 0 Å². The van der Waals surface area contributed by atoms with E-state index in [1.54, 1.807) is 0 Å². The van der Waals surface area contributed by atoms with Gasteiger partial charge in [0.25, 0.3) is 5.91 Å². The molecule has 1 atom stereocenters. The van der Waals surface area contributed by atoms with Gasteiger partial charge in [-0.25, -0.2) is 13.2 Å². The summed E-state index contributed by atoms with van der Waals surface area (Å²) < 4.78 is 64.0. The maximum absolute atomic E-state index is 12.2. The number of rotatable bonds is 5. The minimum absolute atomic E-state index is 0.0000204. The zero-order valence-corrected chi connectivity index (χ0v) is 14.3. The van der Waals surface area contributed by atoms with Crippen molar-refractivity contribution in [2.24, 2.45) is 0 Å². The molecule has 0 aliphatic carbocycles. The van der Waals surface area contributed by atoms with Crippen LogP contribution in [-0.2, 0) is 19.4 Å². The maximum Gasteiger partial charge on any atom is 0.446 e. The Labute approximate surface area is 146 Å². The van der Waals surface area contributed by atoms with E-state index in [-0.39, 0.29) is 33.7 Å². The fraction of sp³-hybridized carbons (Fsp3) is 0.429. The average Bonchev–Trinajstić information content (AvgIpc) is 2.82. The highest BCUT2D eigenvalue weighted by Crippen LogP contribution is 2.36. The van der Waals surface area contributed by atoms with Crippen molar-refractivity contribution in [1.29, 1.82) is 0 Å². The summed E-state index contributed by atoms with van der Waals surface area (Å²) in [6.45, 7) is -0.603. The summed E-state index contributed by atoms with van der Waals surface area (Å²) in [6, 6.07) is 4.07. The molecule has 1 N–H and O–H groups in total. The topological polar surface area (TPSA) is 89.5 Å². The minimum Gasteiger partial charge on any atom is -0.452 e. The maximum atomic E-state index is 12.2. The second-order valence-electron chi connectivity index (χ2n) is 5.32. The number of carbonyl (C=O) groups is 2. The standard InChI is InChI=1S/C14H14F3NO5S2/c15-14(16,17)24-11-3-1-9(2-4-11)13(20)23-7-12(19)18-10-5-6-25(21,22)8-10/h1-4,10H,5-8H2,(H,18,19)/t10-/m0/s1. The van der Waals surface area contributed by atoms with E-state index in [1.165, 1.54) is 0 Å². The third-order valence-electron chi connectivity index (χ3n) is 3.26. The van der Waals surface area contributed by atoms with Crippen LogP contribution in [0.4, 0.5) is 13.2 Å². The Bertz CT molecular complexity index is 747. The van der Waals surface area contributed by atoms with Crippen molar-refractivity contribution in [2.45, 2.75) is 22.9 Å². The van der Waals surface area contributed by atoms with Crippen LogP contribution in [0.15, 0.2) is 29.2 Å². The van der Waals surface area contributed by atoms with E-state index in [0.29, 0.717) is 6.42 Å². The molecule has 0 saturated carbocycles. The molecule has 1 heterocycles. The number of hydrogen-bond donors (Lipinski definition) is 1. The SMILES string of the molecule is O=C(COC(=O)c1ccc(SC(F)(F)F)cc1)N[C@H]1CCS(=O)(=O)C1. The number of carbonyl (C=O) groups excluding carboxylic acids is 2. The molecule has 0 spiro atoms. The Balaban J connectivity index is 1.80. The second kappa shape index (κ2) is 7.65. The Morgan fingerprint density at radius 3 is 2.40 bits per heavy atom. The molecule has 0 bridgehead atoms. The van der Waals surface area contributed by atoms with Crippen LogP contribution in [0.2, 0.25) is 0 Å². The molecule has 0 radical (unpaired) electrons. The summed E-state index contributed by atoms with van der Waals surface area (Å²) in [7, 11) is -3.14. The average molecular weight is 397 g/mol. The van der Waals surface area contributed by atoms with Crippen LogP contribution in [-0.4, -0.2) is 50.0 Å². The summed E-state index contributed by atoms with van der Waals surface area (Å²) in [6.07, 6.45) is 0.306. The van der Waals surface area contributed by atoms with Gasteiger partial charge in [0.2, 0.25) is 0 Å². The predicted octanol–water partition coefficient (Wildman–Crippen LogP) is 1.76. The van der Waals surface area contributed by atoms with Gasteiger partial charge in [-0.2, -0.15) is 13.2 Å². The first-order valence-corrected chi connectivity index (χ1v) is 9.70. The lowest BCUT2D eigenvalue weighted by Gasteiger charge is -2.11. The van der Waals surface area contributed by atoms with Gasteiger partial charge in [-0.3, -0.25) is 4.79 Å². The highest BCUT2D eigenvalue weighted by atomic mass is 32.2. The highest BCUT2D eigenvalue weighted by molar-refractivity contribution is 8.00. The molecule has 1 aliphatic heterocycles. The van der Waals surface area contributed by atoms with Gasteiger partial charge in [0.15, 0.2) is 16.4 Å². The first kappa shape index (κ1) is 19.6. The number of nitrogens with one attached hydrogen (secondary N) is 1. The molecule has 1 aliphatic rings. The molecule has 1 fully saturated rings. The van der Waals surface area contributed by atoms with Gasteiger partial charge < -0.3 is 10.1 Å². The molecule has 6 nitrogen and oxygen atoms in total. The fourth-order valence-corrected chi connectivity index (χ4v) is 4.40. The van der Waals surface area contributed by atoms with Gasteiger partial charge in [-0.1, -0.05) is 0 Å². The van der Waals surface area contributed by atoms with Crippen LogP contribution in [0.1, 0.15) is 16.8 Å². The zero-order chi connectivity index (χ0) is 18.7. The van der Waals surface area contributed by atoms with Crippen molar-refractivity contribution in [3.05, 3.63) is 29.8 Å². The summed E-state index contributed by atoms with van der Waals surface area (Å²) in [5.41, 5.74) is -4.42. The van der Waals surface area contributed by atoms with Crippen molar-refractivity contribution in [2.75, 3.05) is 18.1 Å². The van der Waals surface area contributed by atoms with Gasteiger partial charge in [0.1, 0.15) is 0 Å². The van der Waals surface area contributed by atoms with Gasteiger partial charge >= 0.3 is 11.5 Å². The van der Waals surface area contributed by atoms with E-state index >= 15 is 0 Å². The first-order valence-electron chi connectivity index (χ1n) is 7.07. The lowest BCUT2D eigenvalue weighted by atomic mass is 10.2. The van der Waals surface area contributed by atoms with Crippen molar-refractivity contribution in [3.8, 4) is 0 Å². The summed E-state index contributed by atoms with van der Waals surface area (Å²) >= 11 is -0.308. The number of amides is 1. The molecule has 1 saturated heterocycles. The van der Waals surface area contributed by atoms with Crippen LogP contribution >= 0.6 is 11.8 Å². The molecule has 0 aromatic heterocycles. The van der Waals surface area contributed by atoms with E-state index in [4.69, 9.17) is 4.74 Å². The Hall–Kier alpha value is -1.75. The van der Waals surface area contributed by atoms with Crippen LogP contribution in [0.25, 0.3) is 0 Å². The Morgan fingerprint density at radius 2 is 1.88 bits per heavy atom. The molecule has 1 aromatic rings. The summed E-state index contributed by atoms with van der Waals surface area (Å²) in [5.74, 6) is -1.65. The van der Waals surface area contributed by atoms with Crippen LogP contribution < -0.4 is 5.32 Å². The molecule has 0 unspecified atom stereocenters. The van der Waals surface area contributed by atoms with E-state index in [1.807, 2.05) is 0 Å². The quantitative estimate of drug-likeness (QED) is 0.602. The van der Waals surface area contributed by atoms with Crippen molar-refractivity contribution in [1.82, 2.24) is 5.32 Å². The minimum atomic E-state index is -4.42. The zero-order valence-electron chi connectivity index (χ0n) is 12.7. The smallest absolute Gasteiger partial charge is 0.446 e. The number of hydrogen-bond acceptors (Lipinski definition) is 6.